The van der Waals surface area contributed by atoms with Crippen molar-refractivity contribution in [3.63, 3.8) is 0 Å². The standard InChI is InChI=1S/C17H19ClFNO/c1-3-16(13-6-4-5-7-17(13)21-2)20-11-12-8-9-15(19)14(18)10-12/h4-10,16,20H,3,11H2,1-2H3. The fraction of sp³-hybridized carbons (Fsp3) is 0.294. The van der Waals surface area contributed by atoms with Crippen LogP contribution in [0.1, 0.15) is 30.5 Å². The first-order valence-corrected chi connectivity index (χ1v) is 7.33. The van der Waals surface area contributed by atoms with Crippen molar-refractivity contribution in [2.75, 3.05) is 7.11 Å². The highest BCUT2D eigenvalue weighted by molar-refractivity contribution is 6.30. The lowest BCUT2D eigenvalue weighted by molar-refractivity contribution is 0.396. The van der Waals surface area contributed by atoms with Crippen molar-refractivity contribution in [3.8, 4) is 5.75 Å². The van der Waals surface area contributed by atoms with Gasteiger partial charge in [-0.2, -0.15) is 0 Å². The van der Waals surface area contributed by atoms with E-state index >= 15 is 0 Å². The van der Waals surface area contributed by atoms with E-state index in [1.807, 2.05) is 18.2 Å². The number of methoxy groups -OCH3 is 1. The zero-order valence-electron chi connectivity index (χ0n) is 12.2. The molecule has 2 aromatic carbocycles. The Kier molecular flexibility index (Phi) is 5.59. The van der Waals surface area contributed by atoms with Gasteiger partial charge in [0.2, 0.25) is 0 Å². The minimum absolute atomic E-state index is 0.152. The molecule has 0 aliphatic carbocycles. The number of rotatable bonds is 6. The lowest BCUT2D eigenvalue weighted by Crippen LogP contribution is -2.20. The van der Waals surface area contributed by atoms with Crippen LogP contribution in [0.3, 0.4) is 0 Å². The molecule has 2 nitrogen and oxygen atoms in total. The highest BCUT2D eigenvalue weighted by atomic mass is 35.5. The Morgan fingerprint density at radius 1 is 1.24 bits per heavy atom. The van der Waals surface area contributed by atoms with Crippen LogP contribution in [0.25, 0.3) is 0 Å². The second-order valence-electron chi connectivity index (χ2n) is 4.83. The van der Waals surface area contributed by atoms with E-state index < -0.39 is 5.82 Å². The third-order valence-corrected chi connectivity index (χ3v) is 3.75. The van der Waals surface area contributed by atoms with E-state index in [0.29, 0.717) is 6.54 Å². The predicted molar refractivity (Wildman–Crippen MR) is 84.3 cm³/mol. The molecule has 0 saturated heterocycles. The van der Waals surface area contributed by atoms with Gasteiger partial charge in [-0.3, -0.25) is 0 Å². The molecule has 0 aromatic heterocycles. The summed E-state index contributed by atoms with van der Waals surface area (Å²) in [6, 6.07) is 12.9. The van der Waals surface area contributed by atoms with Crippen molar-refractivity contribution >= 4 is 11.6 Å². The molecule has 0 heterocycles. The summed E-state index contributed by atoms with van der Waals surface area (Å²) in [6.45, 7) is 2.73. The van der Waals surface area contributed by atoms with Crippen LogP contribution in [0.4, 0.5) is 4.39 Å². The molecule has 1 atom stereocenters. The lowest BCUT2D eigenvalue weighted by Gasteiger charge is -2.20. The summed E-state index contributed by atoms with van der Waals surface area (Å²) in [7, 11) is 1.67. The van der Waals surface area contributed by atoms with Crippen molar-refractivity contribution < 1.29 is 9.13 Å². The Hall–Kier alpha value is -1.58. The van der Waals surface area contributed by atoms with Crippen LogP contribution in [0.5, 0.6) is 5.75 Å². The molecule has 0 saturated carbocycles. The zero-order chi connectivity index (χ0) is 15.2. The normalized spacial score (nSPS) is 12.2. The number of benzene rings is 2. The van der Waals surface area contributed by atoms with Crippen LogP contribution in [-0.2, 0) is 6.54 Å². The first-order valence-electron chi connectivity index (χ1n) is 6.96. The molecule has 4 heteroatoms. The van der Waals surface area contributed by atoms with Crippen LogP contribution < -0.4 is 10.1 Å². The Morgan fingerprint density at radius 2 is 2.00 bits per heavy atom. The van der Waals surface area contributed by atoms with Gasteiger partial charge in [-0.15, -0.1) is 0 Å². The van der Waals surface area contributed by atoms with Crippen LogP contribution in [0.2, 0.25) is 5.02 Å². The van der Waals surface area contributed by atoms with Gasteiger partial charge in [0.25, 0.3) is 0 Å². The van der Waals surface area contributed by atoms with Crippen LogP contribution in [0.15, 0.2) is 42.5 Å². The predicted octanol–water partition coefficient (Wildman–Crippen LogP) is 4.73. The average molecular weight is 308 g/mol. The van der Waals surface area contributed by atoms with Gasteiger partial charge in [-0.05, 0) is 30.2 Å². The largest absolute Gasteiger partial charge is 0.496 e. The summed E-state index contributed by atoms with van der Waals surface area (Å²) in [5, 5.41) is 3.61. The van der Waals surface area contributed by atoms with E-state index in [9.17, 15) is 4.39 Å². The van der Waals surface area contributed by atoms with Gasteiger partial charge in [-0.25, -0.2) is 4.39 Å². The fourth-order valence-electron chi connectivity index (χ4n) is 2.32. The molecule has 0 spiro atoms. The lowest BCUT2D eigenvalue weighted by atomic mass is 10.0. The van der Waals surface area contributed by atoms with Crippen molar-refractivity contribution in [2.45, 2.75) is 25.9 Å². The first-order chi connectivity index (χ1) is 10.2. The van der Waals surface area contributed by atoms with Crippen LogP contribution in [-0.4, -0.2) is 7.11 Å². The zero-order valence-corrected chi connectivity index (χ0v) is 13.0. The summed E-state index contributed by atoms with van der Waals surface area (Å²) in [5.74, 6) is 0.478. The van der Waals surface area contributed by atoms with Gasteiger partial charge in [0.15, 0.2) is 0 Å². The van der Waals surface area contributed by atoms with Gasteiger partial charge in [0.1, 0.15) is 11.6 Å². The van der Waals surface area contributed by atoms with E-state index in [-0.39, 0.29) is 11.1 Å². The topological polar surface area (TPSA) is 21.3 Å². The first kappa shape index (κ1) is 15.8. The molecule has 0 amide bonds. The van der Waals surface area contributed by atoms with Crippen molar-refractivity contribution in [3.05, 3.63) is 64.4 Å². The Bertz CT molecular complexity index is 603. The Morgan fingerprint density at radius 3 is 2.67 bits per heavy atom. The monoisotopic (exact) mass is 307 g/mol. The number of hydrogen-bond acceptors (Lipinski definition) is 2. The fourth-order valence-corrected chi connectivity index (χ4v) is 2.52. The maximum atomic E-state index is 13.2. The summed E-state index contributed by atoms with van der Waals surface area (Å²) in [5.41, 5.74) is 2.07. The summed E-state index contributed by atoms with van der Waals surface area (Å²) < 4.78 is 18.6. The van der Waals surface area contributed by atoms with Crippen molar-refractivity contribution in [2.24, 2.45) is 0 Å². The molecule has 0 aliphatic heterocycles. The Labute approximate surface area is 129 Å². The van der Waals surface area contributed by atoms with Crippen molar-refractivity contribution in [1.82, 2.24) is 5.32 Å². The maximum absolute atomic E-state index is 13.2. The number of nitrogens with one attached hydrogen (secondary N) is 1. The third-order valence-electron chi connectivity index (χ3n) is 3.46. The van der Waals surface area contributed by atoms with Gasteiger partial charge in [0.05, 0.1) is 12.1 Å². The minimum atomic E-state index is -0.391. The molecule has 112 valence electrons. The van der Waals surface area contributed by atoms with Crippen LogP contribution >= 0.6 is 11.6 Å². The van der Waals surface area contributed by atoms with Gasteiger partial charge in [0, 0.05) is 18.2 Å². The van der Waals surface area contributed by atoms with Crippen molar-refractivity contribution in [1.29, 1.82) is 0 Å². The molecule has 0 bridgehead atoms. The number of ether oxygens (including phenoxy) is 1. The molecule has 21 heavy (non-hydrogen) atoms. The van der Waals surface area contributed by atoms with E-state index in [4.69, 9.17) is 16.3 Å². The molecule has 0 radical (unpaired) electrons. The Balaban J connectivity index is 2.10. The number of para-hydroxylation sites is 1. The molecule has 2 rings (SSSR count). The molecule has 0 aliphatic rings. The highest BCUT2D eigenvalue weighted by Crippen LogP contribution is 2.27. The summed E-state index contributed by atoms with van der Waals surface area (Å²) in [4.78, 5) is 0. The van der Waals surface area contributed by atoms with Gasteiger partial charge in [-0.1, -0.05) is 42.8 Å². The SMILES string of the molecule is CCC(NCc1ccc(F)c(Cl)c1)c1ccccc1OC. The summed E-state index contributed by atoms with van der Waals surface area (Å²) in [6.07, 6.45) is 0.926. The number of hydrogen-bond donors (Lipinski definition) is 1. The minimum Gasteiger partial charge on any atom is -0.496 e. The van der Waals surface area contributed by atoms with E-state index in [1.54, 1.807) is 19.2 Å². The van der Waals surface area contributed by atoms with Gasteiger partial charge < -0.3 is 10.1 Å². The smallest absolute Gasteiger partial charge is 0.141 e. The third kappa shape index (κ3) is 3.96. The quantitative estimate of drug-likeness (QED) is 0.833. The second kappa shape index (κ2) is 7.43. The van der Waals surface area contributed by atoms with E-state index in [0.717, 1.165) is 23.3 Å². The van der Waals surface area contributed by atoms with E-state index in [2.05, 4.69) is 18.3 Å². The van der Waals surface area contributed by atoms with E-state index in [1.165, 1.54) is 6.07 Å². The maximum Gasteiger partial charge on any atom is 0.141 e. The molecular formula is C17H19ClFNO. The summed E-state index contributed by atoms with van der Waals surface area (Å²) >= 11 is 5.80. The molecule has 1 unspecified atom stereocenters. The second-order valence-corrected chi connectivity index (χ2v) is 5.24. The highest BCUT2D eigenvalue weighted by Gasteiger charge is 2.13. The van der Waals surface area contributed by atoms with Gasteiger partial charge >= 0.3 is 0 Å². The molecular weight excluding hydrogens is 289 g/mol. The number of halogens is 2. The molecule has 0 fully saturated rings. The molecule has 2 aromatic rings. The molecule has 1 N–H and O–H groups in total. The van der Waals surface area contributed by atoms with Crippen LogP contribution in [0, 0.1) is 5.82 Å². The average Bonchev–Trinajstić information content (AvgIpc) is 2.51.